The lowest BCUT2D eigenvalue weighted by Gasteiger charge is -2.10. The topological polar surface area (TPSA) is 90.9 Å². The quantitative estimate of drug-likeness (QED) is 0.746. The predicted octanol–water partition coefficient (Wildman–Crippen LogP) is 0.703. The maximum atomic E-state index is 11.9. The van der Waals surface area contributed by atoms with E-state index < -0.39 is 12.7 Å². The third-order valence-electron chi connectivity index (χ3n) is 2.69. The van der Waals surface area contributed by atoms with Gasteiger partial charge in [-0.1, -0.05) is 0 Å². The molecule has 1 aromatic heterocycles. The lowest BCUT2D eigenvalue weighted by atomic mass is 10.0. The highest BCUT2D eigenvalue weighted by atomic mass is 16.3. The first-order valence-corrected chi connectivity index (χ1v) is 5.56. The van der Waals surface area contributed by atoms with Gasteiger partial charge < -0.3 is 19.7 Å². The SMILES string of the molecule is Cc1cc(=O)c2c(CC(O)CO)cc(O)cc2o1. The van der Waals surface area contributed by atoms with Crippen LogP contribution in [-0.2, 0) is 6.42 Å². The molecule has 5 heteroatoms. The predicted molar refractivity (Wildman–Crippen MR) is 65.7 cm³/mol. The Morgan fingerprint density at radius 1 is 1.33 bits per heavy atom. The molecule has 0 spiro atoms. The molecule has 96 valence electrons. The molecular weight excluding hydrogens is 236 g/mol. The van der Waals surface area contributed by atoms with Gasteiger partial charge in [-0.15, -0.1) is 0 Å². The van der Waals surface area contributed by atoms with E-state index in [0.717, 1.165) is 0 Å². The highest BCUT2D eigenvalue weighted by molar-refractivity contribution is 5.82. The van der Waals surface area contributed by atoms with Crippen molar-refractivity contribution in [1.82, 2.24) is 0 Å². The van der Waals surface area contributed by atoms with Gasteiger partial charge >= 0.3 is 0 Å². The maximum Gasteiger partial charge on any atom is 0.193 e. The van der Waals surface area contributed by atoms with Crippen molar-refractivity contribution in [2.24, 2.45) is 0 Å². The van der Waals surface area contributed by atoms with Crippen molar-refractivity contribution >= 4 is 11.0 Å². The molecule has 2 rings (SSSR count). The average Bonchev–Trinajstić information content (AvgIpc) is 2.26. The van der Waals surface area contributed by atoms with Gasteiger partial charge in [0.15, 0.2) is 5.43 Å². The zero-order valence-electron chi connectivity index (χ0n) is 9.88. The molecule has 0 radical (unpaired) electrons. The van der Waals surface area contributed by atoms with E-state index in [1.165, 1.54) is 18.2 Å². The van der Waals surface area contributed by atoms with E-state index in [1.807, 2.05) is 0 Å². The van der Waals surface area contributed by atoms with Crippen molar-refractivity contribution in [1.29, 1.82) is 0 Å². The van der Waals surface area contributed by atoms with E-state index >= 15 is 0 Å². The molecule has 18 heavy (non-hydrogen) atoms. The molecule has 0 amide bonds. The summed E-state index contributed by atoms with van der Waals surface area (Å²) in [5.41, 5.74) is 0.509. The molecule has 0 bridgehead atoms. The minimum Gasteiger partial charge on any atom is -0.508 e. The fraction of sp³-hybridized carbons (Fsp3) is 0.308. The molecule has 1 aromatic carbocycles. The van der Waals surface area contributed by atoms with E-state index in [4.69, 9.17) is 9.52 Å². The van der Waals surface area contributed by atoms with Crippen LogP contribution in [0.3, 0.4) is 0 Å². The highest BCUT2D eigenvalue weighted by Crippen LogP contribution is 2.24. The summed E-state index contributed by atoms with van der Waals surface area (Å²) in [6.45, 7) is 1.24. The first-order valence-electron chi connectivity index (χ1n) is 5.56. The monoisotopic (exact) mass is 250 g/mol. The van der Waals surface area contributed by atoms with Gasteiger partial charge in [0, 0.05) is 18.6 Å². The van der Waals surface area contributed by atoms with Crippen LogP contribution in [0.5, 0.6) is 5.75 Å². The standard InChI is InChI=1S/C13H14O5/c1-7-2-11(17)13-8(4-10(16)6-14)3-9(15)5-12(13)18-7/h2-3,5,10,14-16H,4,6H2,1H3. The number of aliphatic hydroxyl groups is 2. The molecule has 3 N–H and O–H groups in total. The van der Waals surface area contributed by atoms with Gasteiger partial charge in [0.1, 0.15) is 17.1 Å². The molecular formula is C13H14O5. The van der Waals surface area contributed by atoms with Gasteiger partial charge in [0.05, 0.1) is 18.1 Å². The van der Waals surface area contributed by atoms with Crippen molar-refractivity contribution in [3.05, 3.63) is 39.7 Å². The van der Waals surface area contributed by atoms with Crippen LogP contribution >= 0.6 is 0 Å². The van der Waals surface area contributed by atoms with E-state index in [9.17, 15) is 15.0 Å². The van der Waals surface area contributed by atoms with Crippen LogP contribution in [0.2, 0.25) is 0 Å². The number of fused-ring (bicyclic) bond motifs is 1. The molecule has 0 saturated carbocycles. The summed E-state index contributed by atoms with van der Waals surface area (Å²) in [7, 11) is 0. The summed E-state index contributed by atoms with van der Waals surface area (Å²) < 4.78 is 5.38. The molecule has 1 heterocycles. The summed E-state index contributed by atoms with van der Waals surface area (Å²) in [6.07, 6.45) is -0.898. The Hall–Kier alpha value is -1.85. The zero-order chi connectivity index (χ0) is 13.3. The average molecular weight is 250 g/mol. The van der Waals surface area contributed by atoms with Crippen LogP contribution in [0.1, 0.15) is 11.3 Å². The molecule has 1 unspecified atom stereocenters. The van der Waals surface area contributed by atoms with Gasteiger partial charge in [-0.05, 0) is 18.6 Å². The Balaban J connectivity index is 2.68. The minimum atomic E-state index is -0.976. The number of aryl methyl sites for hydroxylation is 1. The van der Waals surface area contributed by atoms with Gasteiger partial charge in [0.25, 0.3) is 0 Å². The van der Waals surface area contributed by atoms with Gasteiger partial charge in [-0.3, -0.25) is 4.79 Å². The molecule has 1 atom stereocenters. The molecule has 0 aliphatic heterocycles. The Bertz CT molecular complexity index is 624. The number of aromatic hydroxyl groups is 1. The summed E-state index contributed by atoms with van der Waals surface area (Å²) in [5.74, 6) is 0.406. The Labute approximate surface area is 103 Å². The van der Waals surface area contributed by atoms with Crippen molar-refractivity contribution < 1.29 is 19.7 Å². The van der Waals surface area contributed by atoms with Crippen LogP contribution < -0.4 is 5.43 Å². The van der Waals surface area contributed by atoms with E-state index in [0.29, 0.717) is 16.7 Å². The lowest BCUT2D eigenvalue weighted by Crippen LogP contribution is -2.16. The normalized spacial score (nSPS) is 12.8. The second-order valence-corrected chi connectivity index (χ2v) is 4.24. The van der Waals surface area contributed by atoms with Crippen molar-refractivity contribution in [2.75, 3.05) is 6.61 Å². The largest absolute Gasteiger partial charge is 0.508 e. The number of aliphatic hydroxyl groups excluding tert-OH is 2. The molecule has 2 aromatic rings. The first kappa shape index (κ1) is 12.6. The van der Waals surface area contributed by atoms with Gasteiger partial charge in [0.2, 0.25) is 0 Å². The van der Waals surface area contributed by atoms with Crippen LogP contribution in [-0.4, -0.2) is 28.0 Å². The smallest absolute Gasteiger partial charge is 0.193 e. The Morgan fingerprint density at radius 3 is 2.72 bits per heavy atom. The third kappa shape index (κ3) is 2.37. The lowest BCUT2D eigenvalue weighted by molar-refractivity contribution is 0.0957. The van der Waals surface area contributed by atoms with Crippen LogP contribution in [0.4, 0.5) is 0 Å². The first-order chi connectivity index (χ1) is 8.51. The number of phenolic OH excluding ortho intramolecular Hbond substituents is 1. The number of phenols is 1. The molecule has 0 aliphatic carbocycles. The minimum absolute atomic E-state index is 0.0450. The summed E-state index contributed by atoms with van der Waals surface area (Å²) in [4.78, 5) is 11.9. The molecule has 0 fully saturated rings. The number of hydrogen-bond acceptors (Lipinski definition) is 5. The van der Waals surface area contributed by atoms with Crippen LogP contribution in [0, 0.1) is 6.92 Å². The van der Waals surface area contributed by atoms with E-state index in [2.05, 4.69) is 0 Å². The summed E-state index contributed by atoms with van der Waals surface area (Å²) >= 11 is 0. The molecule has 5 nitrogen and oxygen atoms in total. The summed E-state index contributed by atoms with van der Waals surface area (Å²) in [6, 6.07) is 4.11. The van der Waals surface area contributed by atoms with Gasteiger partial charge in [-0.2, -0.15) is 0 Å². The number of hydrogen-bond donors (Lipinski definition) is 3. The van der Waals surface area contributed by atoms with Crippen LogP contribution in [0.15, 0.2) is 27.4 Å². The van der Waals surface area contributed by atoms with E-state index in [-0.39, 0.29) is 23.2 Å². The Morgan fingerprint density at radius 2 is 2.06 bits per heavy atom. The Kier molecular flexibility index (Phi) is 3.36. The second kappa shape index (κ2) is 4.80. The number of benzene rings is 1. The third-order valence-corrected chi connectivity index (χ3v) is 2.69. The molecule has 0 saturated heterocycles. The number of rotatable bonds is 3. The van der Waals surface area contributed by atoms with Crippen LogP contribution in [0.25, 0.3) is 11.0 Å². The van der Waals surface area contributed by atoms with Crippen molar-refractivity contribution in [2.45, 2.75) is 19.4 Å². The highest BCUT2D eigenvalue weighted by Gasteiger charge is 2.13. The molecule has 0 aliphatic rings. The maximum absolute atomic E-state index is 11.9. The van der Waals surface area contributed by atoms with Gasteiger partial charge in [-0.25, -0.2) is 0 Å². The fourth-order valence-corrected chi connectivity index (χ4v) is 1.96. The zero-order valence-corrected chi connectivity index (χ0v) is 9.88. The summed E-state index contributed by atoms with van der Waals surface area (Å²) in [5, 5.41) is 28.2. The fourth-order valence-electron chi connectivity index (χ4n) is 1.96. The van der Waals surface area contributed by atoms with E-state index in [1.54, 1.807) is 6.92 Å². The second-order valence-electron chi connectivity index (χ2n) is 4.24. The van der Waals surface area contributed by atoms with Crippen molar-refractivity contribution in [3.8, 4) is 5.75 Å². The van der Waals surface area contributed by atoms with Crippen molar-refractivity contribution in [3.63, 3.8) is 0 Å².